The number of halogens is 2. The van der Waals surface area contributed by atoms with E-state index in [-0.39, 0.29) is 17.7 Å². The largest absolute Gasteiger partial charge is 0.435 e. The van der Waals surface area contributed by atoms with Crippen molar-refractivity contribution in [1.82, 2.24) is 9.62 Å². The van der Waals surface area contributed by atoms with E-state index in [9.17, 15) is 17.2 Å². The molecule has 0 amide bonds. The zero-order valence-corrected chi connectivity index (χ0v) is 14.0. The minimum absolute atomic E-state index is 0.0384. The summed E-state index contributed by atoms with van der Waals surface area (Å²) >= 11 is 0. The van der Waals surface area contributed by atoms with Gasteiger partial charge in [-0.15, -0.1) is 0 Å². The smallest absolute Gasteiger partial charge is 0.387 e. The van der Waals surface area contributed by atoms with Gasteiger partial charge in [-0.1, -0.05) is 12.1 Å². The summed E-state index contributed by atoms with van der Waals surface area (Å²) < 4.78 is 53.4. The predicted octanol–water partition coefficient (Wildman–Crippen LogP) is 2.22. The van der Waals surface area contributed by atoms with Crippen molar-refractivity contribution in [3.63, 3.8) is 0 Å². The van der Waals surface area contributed by atoms with Crippen LogP contribution < -0.4 is 10.1 Å². The molecular formula is C15H22F2N2O3S. The SMILES string of the molecule is C[C@H](NC[C@@H]1CCN(S(C)(=O)=O)C1)c1cccc(OC(F)F)c1. The minimum Gasteiger partial charge on any atom is -0.435 e. The van der Waals surface area contributed by atoms with Gasteiger partial charge in [0.05, 0.1) is 6.26 Å². The maximum atomic E-state index is 12.2. The lowest BCUT2D eigenvalue weighted by Gasteiger charge is -2.18. The van der Waals surface area contributed by atoms with Gasteiger partial charge in [-0.25, -0.2) is 12.7 Å². The third kappa shape index (κ3) is 5.40. The van der Waals surface area contributed by atoms with Crippen molar-refractivity contribution in [3.05, 3.63) is 29.8 Å². The first-order valence-electron chi connectivity index (χ1n) is 7.49. The number of rotatable bonds is 7. The van der Waals surface area contributed by atoms with Gasteiger partial charge < -0.3 is 10.1 Å². The molecule has 0 spiro atoms. The van der Waals surface area contributed by atoms with Gasteiger partial charge in [0.1, 0.15) is 5.75 Å². The van der Waals surface area contributed by atoms with E-state index in [2.05, 4.69) is 10.1 Å². The highest BCUT2D eigenvalue weighted by molar-refractivity contribution is 7.88. The molecule has 23 heavy (non-hydrogen) atoms. The van der Waals surface area contributed by atoms with Crippen molar-refractivity contribution in [3.8, 4) is 5.75 Å². The van der Waals surface area contributed by atoms with Gasteiger partial charge >= 0.3 is 6.61 Å². The van der Waals surface area contributed by atoms with Gasteiger partial charge in [0.2, 0.25) is 10.0 Å². The molecule has 1 aromatic carbocycles. The van der Waals surface area contributed by atoms with Crippen LogP contribution >= 0.6 is 0 Å². The molecule has 0 saturated carbocycles. The van der Waals surface area contributed by atoms with Crippen molar-refractivity contribution in [1.29, 1.82) is 0 Å². The zero-order valence-electron chi connectivity index (χ0n) is 13.2. The summed E-state index contributed by atoms with van der Waals surface area (Å²) in [5.41, 5.74) is 0.848. The van der Waals surface area contributed by atoms with Gasteiger partial charge in [0.25, 0.3) is 0 Å². The summed E-state index contributed by atoms with van der Waals surface area (Å²) in [6.07, 6.45) is 2.04. The highest BCUT2D eigenvalue weighted by atomic mass is 32.2. The second-order valence-corrected chi connectivity index (χ2v) is 7.84. The highest BCUT2D eigenvalue weighted by Gasteiger charge is 2.28. The maximum absolute atomic E-state index is 12.2. The Hall–Kier alpha value is -1.25. The molecule has 1 aliphatic heterocycles. The lowest BCUT2D eigenvalue weighted by Crippen LogP contribution is -2.31. The fourth-order valence-corrected chi connectivity index (χ4v) is 3.60. The van der Waals surface area contributed by atoms with E-state index in [1.54, 1.807) is 12.1 Å². The highest BCUT2D eigenvalue weighted by Crippen LogP contribution is 2.22. The molecule has 0 bridgehead atoms. The number of nitrogens with zero attached hydrogens (tertiary/aromatic N) is 1. The molecule has 1 N–H and O–H groups in total. The Balaban J connectivity index is 1.87. The van der Waals surface area contributed by atoms with Crippen LogP contribution in [0.3, 0.4) is 0 Å². The van der Waals surface area contributed by atoms with Crippen LogP contribution in [0.5, 0.6) is 5.75 Å². The molecule has 0 radical (unpaired) electrons. The molecule has 1 saturated heterocycles. The van der Waals surface area contributed by atoms with E-state index in [0.29, 0.717) is 19.6 Å². The van der Waals surface area contributed by atoms with Crippen LogP contribution in [-0.4, -0.2) is 45.2 Å². The van der Waals surface area contributed by atoms with Crippen molar-refractivity contribution < 1.29 is 21.9 Å². The van der Waals surface area contributed by atoms with E-state index in [0.717, 1.165) is 12.0 Å². The van der Waals surface area contributed by atoms with E-state index >= 15 is 0 Å². The topological polar surface area (TPSA) is 58.6 Å². The van der Waals surface area contributed by atoms with Gasteiger partial charge in [0, 0.05) is 19.1 Å². The first-order chi connectivity index (χ1) is 10.8. The molecule has 0 aromatic heterocycles. The van der Waals surface area contributed by atoms with Crippen molar-refractivity contribution in [2.75, 3.05) is 25.9 Å². The fraction of sp³-hybridized carbons (Fsp3) is 0.600. The van der Waals surface area contributed by atoms with Crippen LogP contribution in [0.15, 0.2) is 24.3 Å². The van der Waals surface area contributed by atoms with Gasteiger partial charge in [-0.3, -0.25) is 0 Å². The quantitative estimate of drug-likeness (QED) is 0.821. The molecule has 1 aliphatic rings. The Labute approximate surface area is 135 Å². The Morgan fingerprint density at radius 1 is 1.43 bits per heavy atom. The molecule has 2 atom stereocenters. The second-order valence-electron chi connectivity index (χ2n) is 5.86. The van der Waals surface area contributed by atoms with Crippen LogP contribution in [0.1, 0.15) is 24.9 Å². The third-order valence-electron chi connectivity index (χ3n) is 4.01. The van der Waals surface area contributed by atoms with Crippen molar-refractivity contribution in [2.45, 2.75) is 26.0 Å². The Kier molecular flexibility index (Phi) is 5.94. The molecule has 8 heteroatoms. The first-order valence-corrected chi connectivity index (χ1v) is 9.34. The third-order valence-corrected chi connectivity index (χ3v) is 5.28. The first kappa shape index (κ1) is 18.1. The number of sulfonamides is 1. The number of hydrogen-bond donors (Lipinski definition) is 1. The summed E-state index contributed by atoms with van der Waals surface area (Å²) in [6.45, 7) is 0.844. The van der Waals surface area contributed by atoms with Crippen LogP contribution in [0.4, 0.5) is 8.78 Å². The van der Waals surface area contributed by atoms with E-state index in [1.165, 1.54) is 16.6 Å². The molecule has 1 fully saturated rings. The number of hydrogen-bond acceptors (Lipinski definition) is 4. The van der Waals surface area contributed by atoms with E-state index in [1.807, 2.05) is 13.0 Å². The van der Waals surface area contributed by atoms with Crippen molar-refractivity contribution in [2.24, 2.45) is 5.92 Å². The van der Waals surface area contributed by atoms with Crippen LogP contribution in [0.25, 0.3) is 0 Å². The number of benzene rings is 1. The summed E-state index contributed by atoms with van der Waals surface area (Å²) in [7, 11) is -3.13. The second kappa shape index (κ2) is 7.55. The number of nitrogens with one attached hydrogen (secondary N) is 1. The lowest BCUT2D eigenvalue weighted by atomic mass is 10.1. The minimum atomic E-state index is -3.13. The number of ether oxygens (including phenoxy) is 1. The van der Waals surface area contributed by atoms with Gasteiger partial charge in [0.15, 0.2) is 0 Å². The molecule has 1 heterocycles. The van der Waals surface area contributed by atoms with Crippen LogP contribution in [0.2, 0.25) is 0 Å². The number of alkyl halides is 2. The van der Waals surface area contributed by atoms with Crippen molar-refractivity contribution >= 4 is 10.0 Å². The zero-order chi connectivity index (χ0) is 17.0. The summed E-state index contributed by atoms with van der Waals surface area (Å²) in [4.78, 5) is 0. The van der Waals surface area contributed by atoms with Crippen LogP contribution in [-0.2, 0) is 10.0 Å². The van der Waals surface area contributed by atoms with Gasteiger partial charge in [-0.2, -0.15) is 8.78 Å². The molecule has 130 valence electrons. The maximum Gasteiger partial charge on any atom is 0.387 e. The summed E-state index contributed by atoms with van der Waals surface area (Å²) in [6, 6.07) is 6.55. The molecule has 5 nitrogen and oxygen atoms in total. The van der Waals surface area contributed by atoms with Crippen LogP contribution in [0, 0.1) is 5.92 Å². The Morgan fingerprint density at radius 3 is 2.78 bits per heavy atom. The van der Waals surface area contributed by atoms with E-state index < -0.39 is 16.6 Å². The fourth-order valence-electron chi connectivity index (χ4n) is 2.69. The summed E-state index contributed by atoms with van der Waals surface area (Å²) in [5.74, 6) is 0.392. The van der Waals surface area contributed by atoms with E-state index in [4.69, 9.17) is 0 Å². The molecule has 0 unspecified atom stereocenters. The average molecular weight is 348 g/mol. The standard InChI is InChI=1S/C15H22F2N2O3S/c1-11(13-4-3-5-14(8-13)22-15(16)17)18-9-12-6-7-19(10-12)23(2,20)21/h3-5,8,11-12,15,18H,6-7,9-10H2,1-2H3/t11-,12-/m0/s1. The summed E-state index contributed by atoms with van der Waals surface area (Å²) in [5, 5.41) is 3.33. The molecule has 2 rings (SSSR count). The normalized spacial score (nSPS) is 20.8. The molecule has 1 aromatic rings. The monoisotopic (exact) mass is 348 g/mol. The Morgan fingerprint density at radius 2 is 2.17 bits per heavy atom. The lowest BCUT2D eigenvalue weighted by molar-refractivity contribution is -0.0499. The molecule has 0 aliphatic carbocycles. The Bertz CT molecular complexity index is 625. The predicted molar refractivity (Wildman–Crippen MR) is 84.0 cm³/mol. The average Bonchev–Trinajstić information content (AvgIpc) is 2.93. The van der Waals surface area contributed by atoms with Gasteiger partial charge in [-0.05, 0) is 43.5 Å². The molecular weight excluding hydrogens is 326 g/mol.